The Kier molecular flexibility index (Phi) is 4.15. The van der Waals surface area contributed by atoms with Crippen LogP contribution in [0.5, 0.6) is 0 Å². The van der Waals surface area contributed by atoms with Gasteiger partial charge in [0, 0.05) is 11.3 Å². The van der Waals surface area contributed by atoms with E-state index in [1.807, 2.05) is 13.0 Å². The van der Waals surface area contributed by atoms with Crippen molar-refractivity contribution in [3.8, 4) is 0 Å². The zero-order valence-corrected chi connectivity index (χ0v) is 11.1. The zero-order chi connectivity index (χ0) is 14.5. The number of Topliss-reactive ketones (excluding diaryl/α,β-unsaturated/α-hetero) is 1. The molecule has 4 heteroatoms. The van der Waals surface area contributed by atoms with E-state index in [1.54, 1.807) is 42.5 Å². The lowest BCUT2D eigenvalue weighted by molar-refractivity contribution is 0.0476. The van der Waals surface area contributed by atoms with Gasteiger partial charge in [-0.15, -0.1) is 0 Å². The minimum atomic E-state index is -0.593. The van der Waals surface area contributed by atoms with Gasteiger partial charge < -0.3 is 10.5 Å². The molecule has 0 saturated heterocycles. The number of aryl methyl sites for hydroxylation is 1. The summed E-state index contributed by atoms with van der Waals surface area (Å²) in [6, 6.07) is 13.7. The number of nitrogen functional groups attached to an aromatic ring is 1. The van der Waals surface area contributed by atoms with Gasteiger partial charge >= 0.3 is 5.97 Å². The summed E-state index contributed by atoms with van der Waals surface area (Å²) in [5, 5.41) is 0. The summed E-state index contributed by atoms with van der Waals surface area (Å²) >= 11 is 0. The van der Waals surface area contributed by atoms with Crippen LogP contribution in [0.4, 0.5) is 5.69 Å². The summed E-state index contributed by atoms with van der Waals surface area (Å²) < 4.78 is 5.00. The molecule has 4 nitrogen and oxygen atoms in total. The van der Waals surface area contributed by atoms with E-state index >= 15 is 0 Å². The van der Waals surface area contributed by atoms with Crippen LogP contribution in [0.25, 0.3) is 0 Å². The third kappa shape index (κ3) is 3.23. The topological polar surface area (TPSA) is 69.4 Å². The Morgan fingerprint density at radius 3 is 2.55 bits per heavy atom. The Balaban J connectivity index is 2.01. The number of carbonyl (C=O) groups excluding carboxylic acids is 2. The van der Waals surface area contributed by atoms with Crippen molar-refractivity contribution in [1.82, 2.24) is 0 Å². The molecule has 2 rings (SSSR count). The van der Waals surface area contributed by atoms with Gasteiger partial charge in [0.2, 0.25) is 0 Å². The first kappa shape index (κ1) is 13.8. The van der Waals surface area contributed by atoms with Crippen molar-refractivity contribution in [2.75, 3.05) is 12.3 Å². The highest BCUT2D eigenvalue weighted by Crippen LogP contribution is 2.12. The van der Waals surface area contributed by atoms with E-state index in [1.165, 1.54) is 0 Å². The summed E-state index contributed by atoms with van der Waals surface area (Å²) in [5.41, 5.74) is 7.78. The van der Waals surface area contributed by atoms with Crippen LogP contribution in [0.3, 0.4) is 0 Å². The maximum Gasteiger partial charge on any atom is 0.340 e. The molecule has 102 valence electrons. The monoisotopic (exact) mass is 269 g/mol. The third-order valence-electron chi connectivity index (χ3n) is 2.86. The molecule has 0 aliphatic carbocycles. The maximum atomic E-state index is 11.9. The molecule has 0 saturated carbocycles. The average Bonchev–Trinajstić information content (AvgIpc) is 2.45. The van der Waals surface area contributed by atoms with Crippen LogP contribution in [0.15, 0.2) is 48.5 Å². The number of rotatable bonds is 4. The van der Waals surface area contributed by atoms with Crippen LogP contribution in [0.2, 0.25) is 0 Å². The van der Waals surface area contributed by atoms with Crippen molar-refractivity contribution in [3.63, 3.8) is 0 Å². The Bertz CT molecular complexity index is 650. The minimum Gasteiger partial charge on any atom is -0.454 e. The number of ketones is 1. The lowest BCUT2D eigenvalue weighted by atomic mass is 10.1. The van der Waals surface area contributed by atoms with Crippen LogP contribution >= 0.6 is 0 Å². The molecule has 20 heavy (non-hydrogen) atoms. The predicted octanol–water partition coefficient (Wildman–Crippen LogP) is 2.62. The second kappa shape index (κ2) is 6.02. The van der Waals surface area contributed by atoms with E-state index in [4.69, 9.17) is 10.5 Å². The molecule has 0 heterocycles. The number of ether oxygens (including phenoxy) is 1. The summed E-state index contributed by atoms with van der Waals surface area (Å²) in [6.45, 7) is 1.60. The van der Waals surface area contributed by atoms with E-state index in [0.29, 0.717) is 11.3 Å². The van der Waals surface area contributed by atoms with Crippen LogP contribution in [-0.2, 0) is 4.74 Å². The molecule has 0 aliphatic rings. The first-order valence-electron chi connectivity index (χ1n) is 6.19. The lowest BCUT2D eigenvalue weighted by Gasteiger charge is -2.06. The van der Waals surface area contributed by atoms with Crippen LogP contribution in [0, 0.1) is 6.92 Å². The fourth-order valence-electron chi connectivity index (χ4n) is 1.79. The lowest BCUT2D eigenvalue weighted by Crippen LogP contribution is -2.15. The van der Waals surface area contributed by atoms with Gasteiger partial charge in [-0.2, -0.15) is 0 Å². The SMILES string of the molecule is Cc1cccc(C(=O)COC(=O)c2ccccc2N)c1. The Morgan fingerprint density at radius 2 is 1.85 bits per heavy atom. The van der Waals surface area contributed by atoms with Crippen molar-refractivity contribution >= 4 is 17.4 Å². The van der Waals surface area contributed by atoms with E-state index in [9.17, 15) is 9.59 Å². The van der Waals surface area contributed by atoms with E-state index < -0.39 is 5.97 Å². The van der Waals surface area contributed by atoms with E-state index in [2.05, 4.69) is 0 Å². The van der Waals surface area contributed by atoms with Crippen molar-refractivity contribution in [3.05, 3.63) is 65.2 Å². The molecule has 2 aromatic rings. The van der Waals surface area contributed by atoms with Gasteiger partial charge in [0.1, 0.15) is 0 Å². The summed E-state index contributed by atoms with van der Waals surface area (Å²) in [5.74, 6) is -0.833. The second-order valence-electron chi connectivity index (χ2n) is 4.46. The Morgan fingerprint density at radius 1 is 1.10 bits per heavy atom. The molecule has 0 bridgehead atoms. The molecular weight excluding hydrogens is 254 g/mol. The van der Waals surface area contributed by atoms with Crippen molar-refractivity contribution < 1.29 is 14.3 Å². The summed E-state index contributed by atoms with van der Waals surface area (Å²) in [4.78, 5) is 23.7. The molecule has 2 aromatic carbocycles. The predicted molar refractivity (Wildman–Crippen MR) is 76.6 cm³/mol. The molecule has 0 radical (unpaired) electrons. The Hall–Kier alpha value is -2.62. The van der Waals surface area contributed by atoms with Crippen molar-refractivity contribution in [1.29, 1.82) is 0 Å². The molecule has 0 atom stereocenters. The smallest absolute Gasteiger partial charge is 0.340 e. The van der Waals surface area contributed by atoms with Crippen LogP contribution in [-0.4, -0.2) is 18.4 Å². The highest BCUT2D eigenvalue weighted by atomic mass is 16.5. The first-order valence-corrected chi connectivity index (χ1v) is 6.19. The number of hydrogen-bond acceptors (Lipinski definition) is 4. The molecule has 0 fully saturated rings. The largest absolute Gasteiger partial charge is 0.454 e. The van der Waals surface area contributed by atoms with Gasteiger partial charge in [-0.1, -0.05) is 35.9 Å². The number of hydrogen-bond donors (Lipinski definition) is 1. The first-order chi connectivity index (χ1) is 9.58. The molecule has 0 spiro atoms. The van der Waals surface area contributed by atoms with Gasteiger partial charge in [-0.3, -0.25) is 4.79 Å². The quantitative estimate of drug-likeness (QED) is 0.526. The minimum absolute atomic E-state index is 0.239. The van der Waals surface area contributed by atoms with Gasteiger partial charge in [0.05, 0.1) is 5.56 Å². The zero-order valence-electron chi connectivity index (χ0n) is 11.1. The van der Waals surface area contributed by atoms with Gasteiger partial charge in [-0.05, 0) is 25.1 Å². The summed E-state index contributed by atoms with van der Waals surface area (Å²) in [6.07, 6.45) is 0. The average molecular weight is 269 g/mol. The van der Waals surface area contributed by atoms with E-state index in [-0.39, 0.29) is 18.0 Å². The fourth-order valence-corrected chi connectivity index (χ4v) is 1.79. The maximum absolute atomic E-state index is 11.9. The summed E-state index contributed by atoms with van der Waals surface area (Å²) in [7, 11) is 0. The standard InChI is InChI=1S/C16H15NO3/c1-11-5-4-6-12(9-11)15(18)10-20-16(19)13-7-2-3-8-14(13)17/h2-9H,10,17H2,1H3. The number of nitrogens with two attached hydrogens (primary N) is 1. The number of esters is 1. The number of benzene rings is 2. The third-order valence-corrected chi connectivity index (χ3v) is 2.86. The fraction of sp³-hybridized carbons (Fsp3) is 0.125. The Labute approximate surface area is 117 Å². The van der Waals surface area contributed by atoms with E-state index in [0.717, 1.165) is 5.56 Å². The number of para-hydroxylation sites is 1. The molecule has 0 unspecified atom stereocenters. The van der Waals surface area contributed by atoms with Crippen LogP contribution < -0.4 is 5.73 Å². The van der Waals surface area contributed by atoms with Gasteiger partial charge in [0.15, 0.2) is 12.4 Å². The molecular formula is C16H15NO3. The van der Waals surface area contributed by atoms with Crippen molar-refractivity contribution in [2.45, 2.75) is 6.92 Å². The molecule has 0 aliphatic heterocycles. The second-order valence-corrected chi connectivity index (χ2v) is 4.46. The highest BCUT2D eigenvalue weighted by Gasteiger charge is 2.13. The van der Waals surface area contributed by atoms with Gasteiger partial charge in [0.25, 0.3) is 0 Å². The normalized spacial score (nSPS) is 10.1. The molecule has 0 amide bonds. The highest BCUT2D eigenvalue weighted by molar-refractivity contribution is 6.00. The molecule has 0 aromatic heterocycles. The molecule has 2 N–H and O–H groups in total. The van der Waals surface area contributed by atoms with Gasteiger partial charge in [-0.25, -0.2) is 4.79 Å². The number of carbonyl (C=O) groups is 2. The van der Waals surface area contributed by atoms with Crippen molar-refractivity contribution in [2.24, 2.45) is 0 Å². The number of anilines is 1. The van der Waals surface area contributed by atoms with Crippen LogP contribution in [0.1, 0.15) is 26.3 Å².